The van der Waals surface area contributed by atoms with Crippen molar-refractivity contribution in [2.45, 2.75) is 25.9 Å². The van der Waals surface area contributed by atoms with E-state index >= 15 is 0 Å². The van der Waals surface area contributed by atoms with Gasteiger partial charge in [-0.1, -0.05) is 47.1 Å². The van der Waals surface area contributed by atoms with Crippen LogP contribution < -0.4 is 10.6 Å². The quantitative estimate of drug-likeness (QED) is 0.640. The summed E-state index contributed by atoms with van der Waals surface area (Å²) < 4.78 is 5.11. The summed E-state index contributed by atoms with van der Waals surface area (Å²) in [5.74, 6) is -0.100. The molecule has 0 aliphatic carbocycles. The Hall–Kier alpha value is -3.12. The number of benzene rings is 2. The van der Waals surface area contributed by atoms with Gasteiger partial charge in [0, 0.05) is 23.1 Å². The number of carbonyl (C=O) groups is 2. The Kier molecular flexibility index (Phi) is 6.45. The number of carbonyl (C=O) groups excluding carboxylic acids is 2. The van der Waals surface area contributed by atoms with Crippen LogP contribution in [-0.4, -0.2) is 23.0 Å². The zero-order valence-corrected chi connectivity index (χ0v) is 16.1. The predicted molar refractivity (Wildman–Crippen MR) is 106 cm³/mol. The number of halogens is 1. The van der Waals surface area contributed by atoms with Crippen LogP contribution in [0, 0.1) is 6.92 Å². The van der Waals surface area contributed by atoms with Gasteiger partial charge in [0.25, 0.3) is 5.91 Å². The Morgan fingerprint density at radius 2 is 1.82 bits per heavy atom. The molecule has 0 saturated carbocycles. The molecule has 0 saturated heterocycles. The molecule has 3 aromatic rings. The van der Waals surface area contributed by atoms with Gasteiger partial charge < -0.3 is 15.2 Å². The molecule has 144 valence electrons. The van der Waals surface area contributed by atoms with Gasteiger partial charge in [-0.25, -0.2) is 0 Å². The number of hydrogen-bond acceptors (Lipinski definition) is 4. The Morgan fingerprint density at radius 1 is 1.11 bits per heavy atom. The van der Waals surface area contributed by atoms with E-state index < -0.39 is 6.04 Å². The van der Waals surface area contributed by atoms with Crippen LogP contribution in [0.4, 0.5) is 0 Å². The molecule has 3 rings (SSSR count). The van der Waals surface area contributed by atoms with Crippen LogP contribution in [-0.2, 0) is 17.8 Å². The van der Waals surface area contributed by atoms with Crippen LogP contribution in [0.3, 0.4) is 0 Å². The lowest BCUT2D eigenvalue weighted by atomic mass is 10.0. The molecular formula is C21H20ClN3O3. The molecule has 0 spiro atoms. The third-order valence-corrected chi connectivity index (χ3v) is 4.38. The molecule has 2 amide bonds. The van der Waals surface area contributed by atoms with Crippen molar-refractivity contribution in [2.24, 2.45) is 0 Å². The standard InChI is InChI=1S/C21H20ClN3O3/c1-14-11-18(28-25-14)13-23-21(27)19(12-15-5-3-2-4-6-15)24-20(26)16-7-9-17(22)10-8-16/h2-11,19H,12-13H2,1H3,(H,23,27)(H,24,26). The summed E-state index contributed by atoms with van der Waals surface area (Å²) in [6.07, 6.45) is 0.363. The number of aromatic nitrogens is 1. The van der Waals surface area contributed by atoms with E-state index in [2.05, 4.69) is 15.8 Å². The van der Waals surface area contributed by atoms with Crippen molar-refractivity contribution in [2.75, 3.05) is 0 Å². The third-order valence-electron chi connectivity index (χ3n) is 4.12. The van der Waals surface area contributed by atoms with Crippen molar-refractivity contribution in [3.63, 3.8) is 0 Å². The molecule has 1 atom stereocenters. The molecule has 0 aliphatic heterocycles. The fourth-order valence-corrected chi connectivity index (χ4v) is 2.82. The van der Waals surface area contributed by atoms with Crippen LogP contribution in [0.25, 0.3) is 0 Å². The topological polar surface area (TPSA) is 84.2 Å². The van der Waals surface area contributed by atoms with E-state index in [1.54, 1.807) is 37.3 Å². The number of nitrogens with zero attached hydrogens (tertiary/aromatic N) is 1. The Labute approximate surface area is 167 Å². The molecule has 7 heteroatoms. The van der Waals surface area contributed by atoms with E-state index in [9.17, 15) is 9.59 Å². The summed E-state index contributed by atoms with van der Waals surface area (Å²) in [7, 11) is 0. The van der Waals surface area contributed by atoms with E-state index in [4.69, 9.17) is 16.1 Å². The maximum Gasteiger partial charge on any atom is 0.251 e. The van der Waals surface area contributed by atoms with Gasteiger partial charge in [0.1, 0.15) is 6.04 Å². The summed E-state index contributed by atoms with van der Waals surface area (Å²) in [6.45, 7) is 2.00. The van der Waals surface area contributed by atoms with E-state index in [1.165, 1.54) is 0 Å². The van der Waals surface area contributed by atoms with Crippen molar-refractivity contribution >= 4 is 23.4 Å². The minimum Gasteiger partial charge on any atom is -0.359 e. The van der Waals surface area contributed by atoms with Gasteiger partial charge in [-0.05, 0) is 36.8 Å². The molecule has 1 aromatic heterocycles. The normalized spacial score (nSPS) is 11.6. The highest BCUT2D eigenvalue weighted by atomic mass is 35.5. The van der Waals surface area contributed by atoms with Crippen molar-refractivity contribution in [1.29, 1.82) is 0 Å². The molecule has 2 N–H and O–H groups in total. The first kappa shape index (κ1) is 19.6. The zero-order valence-electron chi connectivity index (χ0n) is 15.3. The van der Waals surface area contributed by atoms with Gasteiger partial charge in [-0.2, -0.15) is 0 Å². The summed E-state index contributed by atoms with van der Waals surface area (Å²) in [5, 5.41) is 9.93. The summed E-state index contributed by atoms with van der Waals surface area (Å²) in [5.41, 5.74) is 2.11. The average Bonchev–Trinajstić information content (AvgIpc) is 3.12. The second kappa shape index (κ2) is 9.19. The molecule has 0 radical (unpaired) electrons. The fraction of sp³-hybridized carbons (Fsp3) is 0.190. The number of rotatable bonds is 7. The third kappa shape index (κ3) is 5.44. The fourth-order valence-electron chi connectivity index (χ4n) is 2.70. The largest absolute Gasteiger partial charge is 0.359 e. The highest BCUT2D eigenvalue weighted by Gasteiger charge is 2.22. The molecule has 1 unspecified atom stereocenters. The molecular weight excluding hydrogens is 378 g/mol. The SMILES string of the molecule is Cc1cc(CNC(=O)C(Cc2ccccc2)NC(=O)c2ccc(Cl)cc2)on1. The molecule has 0 fully saturated rings. The van der Waals surface area contributed by atoms with Crippen LogP contribution in [0.5, 0.6) is 0 Å². The van der Waals surface area contributed by atoms with Gasteiger partial charge in [0.15, 0.2) is 5.76 Å². The lowest BCUT2D eigenvalue weighted by Crippen LogP contribution is -2.47. The Balaban J connectivity index is 1.70. The molecule has 1 heterocycles. The second-order valence-corrected chi connectivity index (χ2v) is 6.81. The van der Waals surface area contributed by atoms with E-state index in [0.717, 1.165) is 11.3 Å². The van der Waals surface area contributed by atoms with Gasteiger partial charge >= 0.3 is 0 Å². The monoisotopic (exact) mass is 397 g/mol. The Bertz CT molecular complexity index is 939. The van der Waals surface area contributed by atoms with E-state index in [0.29, 0.717) is 22.8 Å². The predicted octanol–water partition coefficient (Wildman–Crippen LogP) is 3.29. The van der Waals surface area contributed by atoms with Crippen LogP contribution in [0.15, 0.2) is 65.2 Å². The molecule has 2 aromatic carbocycles. The minimum absolute atomic E-state index is 0.196. The minimum atomic E-state index is -0.741. The molecule has 6 nitrogen and oxygen atoms in total. The first-order valence-electron chi connectivity index (χ1n) is 8.81. The lowest BCUT2D eigenvalue weighted by molar-refractivity contribution is -0.123. The van der Waals surface area contributed by atoms with Crippen molar-refractivity contribution in [1.82, 2.24) is 15.8 Å². The number of amides is 2. The van der Waals surface area contributed by atoms with Gasteiger partial charge in [0.2, 0.25) is 5.91 Å². The highest BCUT2D eigenvalue weighted by Crippen LogP contribution is 2.11. The first-order chi connectivity index (χ1) is 13.5. The van der Waals surface area contributed by atoms with Gasteiger partial charge in [-0.15, -0.1) is 0 Å². The number of aryl methyl sites for hydroxylation is 1. The van der Waals surface area contributed by atoms with Crippen LogP contribution >= 0.6 is 11.6 Å². The van der Waals surface area contributed by atoms with E-state index in [-0.39, 0.29) is 18.4 Å². The first-order valence-corrected chi connectivity index (χ1v) is 9.19. The smallest absolute Gasteiger partial charge is 0.251 e. The van der Waals surface area contributed by atoms with Crippen LogP contribution in [0.1, 0.15) is 27.4 Å². The average molecular weight is 398 g/mol. The maximum atomic E-state index is 12.7. The maximum absolute atomic E-state index is 12.7. The van der Waals surface area contributed by atoms with Crippen molar-refractivity contribution in [3.8, 4) is 0 Å². The summed E-state index contributed by atoms with van der Waals surface area (Å²) in [6, 6.07) is 17.0. The summed E-state index contributed by atoms with van der Waals surface area (Å²) >= 11 is 5.87. The highest BCUT2D eigenvalue weighted by molar-refractivity contribution is 6.30. The lowest BCUT2D eigenvalue weighted by Gasteiger charge is -2.18. The van der Waals surface area contributed by atoms with Crippen molar-refractivity contribution < 1.29 is 14.1 Å². The zero-order chi connectivity index (χ0) is 19.9. The van der Waals surface area contributed by atoms with Gasteiger partial charge in [-0.3, -0.25) is 9.59 Å². The summed E-state index contributed by atoms with van der Waals surface area (Å²) in [4.78, 5) is 25.3. The van der Waals surface area contributed by atoms with Crippen molar-refractivity contribution in [3.05, 3.63) is 88.3 Å². The van der Waals surface area contributed by atoms with E-state index in [1.807, 2.05) is 30.3 Å². The number of nitrogens with one attached hydrogen (secondary N) is 2. The molecule has 0 bridgehead atoms. The molecule has 0 aliphatic rings. The van der Waals surface area contributed by atoms with Crippen LogP contribution in [0.2, 0.25) is 5.02 Å². The number of hydrogen-bond donors (Lipinski definition) is 2. The Morgan fingerprint density at radius 3 is 2.46 bits per heavy atom. The molecule has 28 heavy (non-hydrogen) atoms. The second-order valence-electron chi connectivity index (χ2n) is 6.38. The van der Waals surface area contributed by atoms with Gasteiger partial charge in [0.05, 0.1) is 12.2 Å².